The lowest BCUT2D eigenvalue weighted by Gasteiger charge is -2.15. The Bertz CT molecular complexity index is 809. The number of aryl methyl sites for hydroxylation is 1. The van der Waals surface area contributed by atoms with Crippen LogP contribution in [0.2, 0.25) is 5.02 Å². The quantitative estimate of drug-likeness (QED) is 0.890. The zero-order valence-corrected chi connectivity index (χ0v) is 14.1. The molecule has 2 rings (SSSR count). The van der Waals surface area contributed by atoms with Gasteiger partial charge in [0.1, 0.15) is 0 Å². The molecule has 1 amide bonds. The molecule has 1 heterocycles. The number of carbonyl (C=O) groups is 1. The molecule has 0 aliphatic carbocycles. The van der Waals surface area contributed by atoms with Crippen LogP contribution in [0.15, 0.2) is 47.5 Å². The molecule has 23 heavy (non-hydrogen) atoms. The van der Waals surface area contributed by atoms with Crippen LogP contribution in [0, 0.1) is 6.92 Å². The van der Waals surface area contributed by atoms with E-state index in [1.165, 1.54) is 19.2 Å². The molecule has 1 N–H and O–H groups in total. The average molecular weight is 355 g/mol. The lowest BCUT2D eigenvalue weighted by Crippen LogP contribution is -2.40. The normalized spacial score (nSPS) is 12.5. The Morgan fingerprint density at radius 1 is 1.30 bits per heavy atom. The summed E-state index contributed by atoms with van der Waals surface area (Å²) in [5.74, 6) is -0.568. The van der Waals surface area contributed by atoms with E-state index in [1.54, 1.807) is 37.3 Å². The molecule has 122 valence electrons. The summed E-state index contributed by atoms with van der Waals surface area (Å²) < 4.78 is 31.9. The summed E-state index contributed by atoms with van der Waals surface area (Å²) in [6.45, 7) is 3.05. The smallest absolute Gasteiger partial charge is 0.274 e. The van der Waals surface area contributed by atoms with Gasteiger partial charge in [0, 0.05) is 17.3 Å². The fraction of sp³-hybridized carbons (Fsp3) is 0.200. The Kier molecular flexibility index (Phi) is 5.23. The predicted octanol–water partition coefficient (Wildman–Crippen LogP) is 2.32. The second-order valence-corrected chi connectivity index (χ2v) is 6.89. The first kappa shape index (κ1) is 17.2. The van der Waals surface area contributed by atoms with Gasteiger partial charge in [0.2, 0.25) is 5.88 Å². The number of halogens is 1. The second-order valence-electron chi connectivity index (χ2n) is 4.81. The summed E-state index contributed by atoms with van der Waals surface area (Å²) in [7, 11) is -4.03. The van der Waals surface area contributed by atoms with Crippen LogP contribution in [0.25, 0.3) is 0 Å². The van der Waals surface area contributed by atoms with Gasteiger partial charge in [-0.1, -0.05) is 23.7 Å². The molecule has 0 spiro atoms. The lowest BCUT2D eigenvalue weighted by molar-refractivity contribution is -0.125. The average Bonchev–Trinajstić information content (AvgIpc) is 2.50. The molecular formula is C15H15ClN2O4S. The number of carbonyl (C=O) groups excluding carboxylic acids is 1. The number of amides is 1. The Morgan fingerprint density at radius 2 is 2.04 bits per heavy atom. The second kappa shape index (κ2) is 6.97. The highest BCUT2D eigenvalue weighted by Crippen LogP contribution is 2.20. The summed E-state index contributed by atoms with van der Waals surface area (Å²) in [5.41, 5.74) is 0.480. The SMILES string of the molecule is Cc1ccc(Cl)cc1S(=O)(=O)NC(=O)C(C)Oc1ccccn1. The summed E-state index contributed by atoms with van der Waals surface area (Å²) in [6, 6.07) is 9.39. The van der Waals surface area contributed by atoms with E-state index in [4.69, 9.17) is 16.3 Å². The third-order valence-corrected chi connectivity index (χ3v) is 4.70. The first-order chi connectivity index (χ1) is 10.8. The highest BCUT2D eigenvalue weighted by Gasteiger charge is 2.24. The van der Waals surface area contributed by atoms with Crippen LogP contribution in [0.1, 0.15) is 12.5 Å². The van der Waals surface area contributed by atoms with Crippen LogP contribution in [-0.4, -0.2) is 25.4 Å². The monoisotopic (exact) mass is 354 g/mol. The molecule has 0 saturated carbocycles. The molecule has 0 radical (unpaired) electrons. The highest BCUT2D eigenvalue weighted by atomic mass is 35.5. The Balaban J connectivity index is 2.13. The van der Waals surface area contributed by atoms with Gasteiger partial charge in [-0.15, -0.1) is 0 Å². The summed E-state index contributed by atoms with van der Waals surface area (Å²) in [5, 5.41) is 0.265. The van der Waals surface area contributed by atoms with Gasteiger partial charge in [0.25, 0.3) is 15.9 Å². The maximum atomic E-state index is 12.3. The van der Waals surface area contributed by atoms with Crippen molar-refractivity contribution in [2.75, 3.05) is 0 Å². The number of hydrogen-bond donors (Lipinski definition) is 1. The summed E-state index contributed by atoms with van der Waals surface area (Å²) >= 11 is 5.82. The van der Waals surface area contributed by atoms with Gasteiger partial charge in [-0.3, -0.25) is 4.79 Å². The van der Waals surface area contributed by atoms with Gasteiger partial charge in [-0.25, -0.2) is 18.1 Å². The number of sulfonamides is 1. The van der Waals surface area contributed by atoms with E-state index < -0.39 is 22.0 Å². The largest absolute Gasteiger partial charge is 0.464 e. The number of rotatable bonds is 5. The molecule has 2 aromatic rings. The topological polar surface area (TPSA) is 85.4 Å². The van der Waals surface area contributed by atoms with E-state index in [0.717, 1.165) is 0 Å². The number of aromatic nitrogens is 1. The maximum Gasteiger partial charge on any atom is 0.274 e. The molecule has 0 saturated heterocycles. The van der Waals surface area contributed by atoms with Gasteiger partial charge < -0.3 is 4.74 Å². The number of hydrogen-bond acceptors (Lipinski definition) is 5. The Labute approximate surface area is 139 Å². The standard InChI is InChI=1S/C15H15ClN2O4S/c1-10-6-7-12(16)9-13(10)23(20,21)18-15(19)11(2)22-14-5-3-4-8-17-14/h3-9,11H,1-2H3,(H,18,19). The Morgan fingerprint density at radius 3 is 2.70 bits per heavy atom. The van der Waals surface area contributed by atoms with Crippen molar-refractivity contribution >= 4 is 27.5 Å². The molecule has 0 bridgehead atoms. The fourth-order valence-electron chi connectivity index (χ4n) is 1.79. The molecule has 1 unspecified atom stereocenters. The van der Waals surface area contributed by atoms with Crippen LogP contribution in [-0.2, 0) is 14.8 Å². The van der Waals surface area contributed by atoms with E-state index in [9.17, 15) is 13.2 Å². The van der Waals surface area contributed by atoms with Crippen molar-refractivity contribution in [1.82, 2.24) is 9.71 Å². The zero-order chi connectivity index (χ0) is 17.0. The predicted molar refractivity (Wildman–Crippen MR) is 85.8 cm³/mol. The van der Waals surface area contributed by atoms with E-state index in [2.05, 4.69) is 4.98 Å². The minimum atomic E-state index is -4.03. The van der Waals surface area contributed by atoms with Crippen LogP contribution in [0.5, 0.6) is 5.88 Å². The van der Waals surface area contributed by atoms with Crippen molar-refractivity contribution in [1.29, 1.82) is 0 Å². The zero-order valence-electron chi connectivity index (χ0n) is 12.5. The minimum absolute atomic E-state index is 0.0524. The van der Waals surface area contributed by atoms with Gasteiger partial charge >= 0.3 is 0 Å². The number of nitrogens with zero attached hydrogens (tertiary/aromatic N) is 1. The Hall–Kier alpha value is -2.12. The van der Waals surface area contributed by atoms with Crippen molar-refractivity contribution < 1.29 is 17.9 Å². The first-order valence-electron chi connectivity index (χ1n) is 6.70. The third-order valence-electron chi connectivity index (χ3n) is 2.98. The van der Waals surface area contributed by atoms with Gasteiger partial charge in [-0.05, 0) is 37.6 Å². The van der Waals surface area contributed by atoms with E-state index in [0.29, 0.717) is 5.56 Å². The van der Waals surface area contributed by atoms with Crippen LogP contribution in [0.4, 0.5) is 0 Å². The molecule has 0 fully saturated rings. The molecule has 0 aliphatic rings. The van der Waals surface area contributed by atoms with Crippen molar-refractivity contribution in [3.63, 3.8) is 0 Å². The minimum Gasteiger partial charge on any atom is -0.464 e. The van der Waals surface area contributed by atoms with Crippen LogP contribution >= 0.6 is 11.6 Å². The molecule has 1 atom stereocenters. The lowest BCUT2D eigenvalue weighted by atomic mass is 10.2. The molecule has 8 heteroatoms. The van der Waals surface area contributed by atoms with Gasteiger partial charge in [-0.2, -0.15) is 0 Å². The van der Waals surface area contributed by atoms with Gasteiger partial charge in [0.15, 0.2) is 6.10 Å². The molecule has 6 nitrogen and oxygen atoms in total. The van der Waals surface area contributed by atoms with Crippen LogP contribution < -0.4 is 9.46 Å². The van der Waals surface area contributed by atoms with E-state index in [-0.39, 0.29) is 15.8 Å². The fourth-order valence-corrected chi connectivity index (χ4v) is 3.34. The van der Waals surface area contributed by atoms with Crippen molar-refractivity contribution in [2.24, 2.45) is 0 Å². The number of nitrogens with one attached hydrogen (secondary N) is 1. The maximum absolute atomic E-state index is 12.3. The first-order valence-corrected chi connectivity index (χ1v) is 8.56. The molecule has 0 aliphatic heterocycles. The van der Waals surface area contributed by atoms with E-state index in [1.807, 2.05) is 4.72 Å². The van der Waals surface area contributed by atoms with Crippen molar-refractivity contribution in [3.05, 3.63) is 53.2 Å². The summed E-state index contributed by atoms with van der Waals surface area (Å²) in [6.07, 6.45) is 0.477. The van der Waals surface area contributed by atoms with Gasteiger partial charge in [0.05, 0.1) is 4.90 Å². The number of benzene rings is 1. The molecular weight excluding hydrogens is 340 g/mol. The van der Waals surface area contributed by atoms with Crippen molar-refractivity contribution in [3.8, 4) is 5.88 Å². The number of pyridine rings is 1. The van der Waals surface area contributed by atoms with Crippen molar-refractivity contribution in [2.45, 2.75) is 24.8 Å². The number of ether oxygens (including phenoxy) is 1. The van der Waals surface area contributed by atoms with Crippen LogP contribution in [0.3, 0.4) is 0 Å². The van der Waals surface area contributed by atoms with E-state index >= 15 is 0 Å². The third kappa shape index (κ3) is 4.43. The highest BCUT2D eigenvalue weighted by molar-refractivity contribution is 7.90. The molecule has 1 aromatic carbocycles. The molecule has 1 aromatic heterocycles. The summed E-state index contributed by atoms with van der Waals surface area (Å²) in [4.78, 5) is 15.9.